The van der Waals surface area contributed by atoms with Crippen molar-refractivity contribution >= 4 is 17.5 Å². The van der Waals surface area contributed by atoms with Gasteiger partial charge in [0.05, 0.1) is 11.0 Å². The molecule has 0 spiro atoms. The van der Waals surface area contributed by atoms with E-state index in [-0.39, 0.29) is 23.5 Å². The number of rotatable bonds is 5. The molecule has 9 heteroatoms. The normalized spacial score (nSPS) is 18.2. The van der Waals surface area contributed by atoms with Crippen LogP contribution in [0.4, 0.5) is 5.69 Å². The molecule has 0 saturated carbocycles. The number of ether oxygens (including phenoxy) is 2. The summed E-state index contributed by atoms with van der Waals surface area (Å²) in [6.07, 6.45) is 1.28. The van der Waals surface area contributed by atoms with Gasteiger partial charge in [-0.3, -0.25) is 19.7 Å². The first-order valence-electron chi connectivity index (χ1n) is 10.6. The number of aryl methyl sites for hydroxylation is 1. The lowest BCUT2D eigenvalue weighted by atomic mass is 10.1. The van der Waals surface area contributed by atoms with Crippen molar-refractivity contribution in [1.82, 2.24) is 10.2 Å². The number of benzene rings is 2. The van der Waals surface area contributed by atoms with Crippen LogP contribution in [0.2, 0.25) is 0 Å². The van der Waals surface area contributed by atoms with Crippen LogP contribution in [0.1, 0.15) is 47.3 Å². The van der Waals surface area contributed by atoms with E-state index < -0.39 is 11.0 Å². The predicted molar refractivity (Wildman–Crippen MR) is 116 cm³/mol. The summed E-state index contributed by atoms with van der Waals surface area (Å²) >= 11 is 0. The molecule has 1 saturated heterocycles. The summed E-state index contributed by atoms with van der Waals surface area (Å²) in [5.41, 5.74) is 1.59. The number of nitrogens with one attached hydrogen (secondary N) is 1. The zero-order valence-electron chi connectivity index (χ0n) is 18.0. The third-order valence-electron chi connectivity index (χ3n) is 5.88. The molecule has 2 aromatic carbocycles. The van der Waals surface area contributed by atoms with Gasteiger partial charge < -0.3 is 19.7 Å². The van der Waals surface area contributed by atoms with E-state index in [1.54, 1.807) is 11.8 Å². The first-order chi connectivity index (χ1) is 15.3. The van der Waals surface area contributed by atoms with E-state index in [1.807, 2.05) is 25.1 Å². The fourth-order valence-electron chi connectivity index (χ4n) is 4.16. The summed E-state index contributed by atoms with van der Waals surface area (Å²) < 4.78 is 11.2. The van der Waals surface area contributed by atoms with Crippen molar-refractivity contribution in [2.24, 2.45) is 0 Å². The molecule has 0 bridgehead atoms. The van der Waals surface area contributed by atoms with E-state index in [2.05, 4.69) is 5.32 Å². The summed E-state index contributed by atoms with van der Waals surface area (Å²) in [6.45, 7) is 4.94. The Hall–Kier alpha value is -3.62. The zero-order valence-corrected chi connectivity index (χ0v) is 18.0. The molecule has 0 radical (unpaired) electrons. The van der Waals surface area contributed by atoms with Crippen LogP contribution in [0.5, 0.6) is 11.5 Å². The molecule has 1 N–H and O–H groups in total. The highest BCUT2D eigenvalue weighted by molar-refractivity contribution is 5.98. The molecule has 32 heavy (non-hydrogen) atoms. The van der Waals surface area contributed by atoms with Gasteiger partial charge in [0, 0.05) is 23.7 Å². The lowest BCUT2D eigenvalue weighted by Crippen LogP contribution is -2.46. The average Bonchev–Trinajstić information content (AvgIpc) is 3.28. The second kappa shape index (κ2) is 8.86. The number of fused-ring (bicyclic) bond motifs is 1. The molecule has 168 valence electrons. The minimum atomic E-state index is -0.586. The summed E-state index contributed by atoms with van der Waals surface area (Å²) in [6, 6.07) is 8.98. The highest BCUT2D eigenvalue weighted by Gasteiger charge is 2.35. The molecule has 0 aliphatic carbocycles. The summed E-state index contributed by atoms with van der Waals surface area (Å²) in [7, 11) is 0. The van der Waals surface area contributed by atoms with Crippen molar-refractivity contribution in [3.63, 3.8) is 0 Å². The van der Waals surface area contributed by atoms with Crippen LogP contribution in [-0.2, 0) is 4.79 Å². The number of hydrogen-bond donors (Lipinski definition) is 1. The number of carbonyl (C=O) groups excluding carboxylic acids is 2. The van der Waals surface area contributed by atoms with Gasteiger partial charge in [-0.2, -0.15) is 0 Å². The van der Waals surface area contributed by atoms with E-state index in [0.717, 1.165) is 5.56 Å². The smallest absolute Gasteiger partial charge is 0.272 e. The van der Waals surface area contributed by atoms with Crippen LogP contribution in [-0.4, -0.2) is 47.4 Å². The maximum absolute atomic E-state index is 13.1. The molecule has 2 aliphatic rings. The van der Waals surface area contributed by atoms with Crippen molar-refractivity contribution in [2.75, 3.05) is 19.8 Å². The van der Waals surface area contributed by atoms with Crippen LogP contribution in [0, 0.1) is 17.0 Å². The Morgan fingerprint density at radius 2 is 1.91 bits per heavy atom. The second-order valence-corrected chi connectivity index (χ2v) is 8.05. The van der Waals surface area contributed by atoms with Crippen molar-refractivity contribution < 1.29 is 24.0 Å². The van der Waals surface area contributed by atoms with Crippen LogP contribution >= 0.6 is 0 Å². The molecule has 2 amide bonds. The first kappa shape index (κ1) is 21.6. The van der Waals surface area contributed by atoms with Gasteiger partial charge in [-0.05, 0) is 56.5 Å². The maximum atomic E-state index is 13.1. The predicted octanol–water partition coefficient (Wildman–Crippen LogP) is 3.16. The third-order valence-corrected chi connectivity index (χ3v) is 5.88. The average molecular weight is 439 g/mol. The molecular weight excluding hydrogens is 414 g/mol. The number of carbonyl (C=O) groups is 2. The van der Waals surface area contributed by atoms with Gasteiger partial charge in [-0.25, -0.2) is 0 Å². The van der Waals surface area contributed by atoms with E-state index in [4.69, 9.17) is 9.47 Å². The number of nitro benzene ring substituents is 1. The molecule has 2 unspecified atom stereocenters. The second-order valence-electron chi connectivity index (χ2n) is 8.05. The van der Waals surface area contributed by atoms with Gasteiger partial charge in [0.25, 0.3) is 11.6 Å². The quantitative estimate of drug-likeness (QED) is 0.566. The molecule has 2 heterocycles. The lowest BCUT2D eigenvalue weighted by molar-refractivity contribution is -0.385. The fraction of sp³-hybridized carbons (Fsp3) is 0.391. The van der Waals surface area contributed by atoms with Crippen LogP contribution in [0.25, 0.3) is 0 Å². The van der Waals surface area contributed by atoms with Gasteiger partial charge in [-0.1, -0.05) is 6.07 Å². The number of hydrogen-bond acceptors (Lipinski definition) is 6. The topological polar surface area (TPSA) is 111 Å². The molecule has 4 rings (SSSR count). The SMILES string of the molecule is Cc1cc(C(=O)N2CCCC2C(=O)NC(C)c2ccc3c(c2)OCCO3)ccc1[N+](=O)[O-]. The van der Waals surface area contributed by atoms with Gasteiger partial charge in [0.15, 0.2) is 11.5 Å². The van der Waals surface area contributed by atoms with Gasteiger partial charge in [-0.15, -0.1) is 0 Å². The monoisotopic (exact) mass is 439 g/mol. The summed E-state index contributed by atoms with van der Waals surface area (Å²) in [5.74, 6) is 0.815. The standard InChI is InChI=1S/C23H25N3O6/c1-14-12-17(5-7-18(14)26(29)30)23(28)25-9-3-4-19(25)22(27)24-15(2)16-6-8-20-21(13-16)32-11-10-31-20/h5-8,12-13,15,19H,3-4,9-11H2,1-2H3,(H,24,27). The lowest BCUT2D eigenvalue weighted by Gasteiger charge is -2.26. The van der Waals surface area contributed by atoms with E-state index >= 15 is 0 Å². The van der Waals surface area contributed by atoms with Gasteiger partial charge in [0.2, 0.25) is 5.91 Å². The maximum Gasteiger partial charge on any atom is 0.272 e. The largest absolute Gasteiger partial charge is 0.486 e. The highest BCUT2D eigenvalue weighted by atomic mass is 16.6. The van der Waals surface area contributed by atoms with Crippen LogP contribution in [0.3, 0.4) is 0 Å². The molecule has 0 aromatic heterocycles. The molecule has 2 atom stereocenters. The van der Waals surface area contributed by atoms with Crippen molar-refractivity contribution in [1.29, 1.82) is 0 Å². The molecular formula is C23H25N3O6. The van der Waals surface area contributed by atoms with Crippen LogP contribution < -0.4 is 14.8 Å². The van der Waals surface area contributed by atoms with E-state index in [1.165, 1.54) is 18.2 Å². The summed E-state index contributed by atoms with van der Waals surface area (Å²) in [5, 5.41) is 14.0. The molecule has 1 fully saturated rings. The number of nitro groups is 1. The molecule has 2 aliphatic heterocycles. The third kappa shape index (κ3) is 4.23. The Bertz CT molecular complexity index is 1070. The number of amides is 2. The molecule has 9 nitrogen and oxygen atoms in total. The Morgan fingerprint density at radius 1 is 1.16 bits per heavy atom. The molecule has 2 aromatic rings. The van der Waals surface area contributed by atoms with E-state index in [9.17, 15) is 19.7 Å². The van der Waals surface area contributed by atoms with Crippen molar-refractivity contribution in [3.8, 4) is 11.5 Å². The van der Waals surface area contributed by atoms with E-state index in [0.29, 0.717) is 55.2 Å². The van der Waals surface area contributed by atoms with Gasteiger partial charge >= 0.3 is 0 Å². The Balaban J connectivity index is 1.46. The van der Waals surface area contributed by atoms with Crippen LogP contribution in [0.15, 0.2) is 36.4 Å². The fourth-order valence-corrected chi connectivity index (χ4v) is 4.16. The Kier molecular flexibility index (Phi) is 5.98. The highest BCUT2D eigenvalue weighted by Crippen LogP contribution is 2.33. The number of nitrogens with zero attached hydrogens (tertiary/aromatic N) is 2. The number of likely N-dealkylation sites (tertiary alicyclic amines) is 1. The Labute approximate surface area is 185 Å². The summed E-state index contributed by atoms with van der Waals surface area (Å²) in [4.78, 5) is 38.2. The minimum absolute atomic E-state index is 0.0366. The minimum Gasteiger partial charge on any atom is -0.486 e. The zero-order chi connectivity index (χ0) is 22.8. The van der Waals surface area contributed by atoms with Gasteiger partial charge in [0.1, 0.15) is 19.3 Å². The van der Waals surface area contributed by atoms with Crippen molar-refractivity contribution in [3.05, 3.63) is 63.2 Å². The first-order valence-corrected chi connectivity index (χ1v) is 10.6. The van der Waals surface area contributed by atoms with Crippen molar-refractivity contribution in [2.45, 2.75) is 38.8 Å². The Morgan fingerprint density at radius 3 is 2.62 bits per heavy atom.